The molecular formula is C11H15BrN2O. The highest BCUT2D eigenvalue weighted by Crippen LogP contribution is 2.07. The first-order chi connectivity index (χ1) is 7.06. The van der Waals surface area contributed by atoms with Gasteiger partial charge in [0.05, 0.1) is 5.56 Å². The molecule has 0 aliphatic heterocycles. The number of rotatable bonds is 3. The normalized spacial score (nSPS) is 12.3. The number of aromatic nitrogens is 1. The van der Waals surface area contributed by atoms with Crippen LogP contribution in [-0.4, -0.2) is 34.2 Å². The van der Waals surface area contributed by atoms with Crippen LogP contribution in [0, 0.1) is 6.92 Å². The molecule has 15 heavy (non-hydrogen) atoms. The van der Waals surface area contributed by atoms with E-state index in [1.807, 2.05) is 26.0 Å². The number of halogens is 1. The molecule has 1 rings (SSSR count). The topological polar surface area (TPSA) is 33.2 Å². The Labute approximate surface area is 98.6 Å². The van der Waals surface area contributed by atoms with E-state index in [1.165, 1.54) is 0 Å². The zero-order valence-electron chi connectivity index (χ0n) is 9.20. The number of pyridine rings is 1. The molecule has 1 aromatic heterocycles. The highest BCUT2D eigenvalue weighted by atomic mass is 79.9. The lowest BCUT2D eigenvalue weighted by Crippen LogP contribution is -2.36. The van der Waals surface area contributed by atoms with E-state index in [0.29, 0.717) is 5.56 Å². The molecule has 0 spiro atoms. The molecule has 1 amide bonds. The van der Waals surface area contributed by atoms with Crippen LogP contribution in [0.1, 0.15) is 23.0 Å². The van der Waals surface area contributed by atoms with Crippen LogP contribution in [0.3, 0.4) is 0 Å². The van der Waals surface area contributed by atoms with E-state index in [9.17, 15) is 4.79 Å². The summed E-state index contributed by atoms with van der Waals surface area (Å²) in [6, 6.07) is 3.83. The first kappa shape index (κ1) is 12.2. The van der Waals surface area contributed by atoms with Gasteiger partial charge in [-0.25, -0.2) is 0 Å². The van der Waals surface area contributed by atoms with Gasteiger partial charge in [-0.3, -0.25) is 9.78 Å². The zero-order chi connectivity index (χ0) is 11.4. The number of alkyl halides is 1. The maximum Gasteiger partial charge on any atom is 0.255 e. The maximum absolute atomic E-state index is 11.9. The molecular weight excluding hydrogens is 256 g/mol. The predicted octanol–water partition coefficient (Wildman–Crippen LogP) is 2.25. The van der Waals surface area contributed by atoms with Crippen LogP contribution in [0.5, 0.6) is 0 Å². The van der Waals surface area contributed by atoms with Gasteiger partial charge in [0.2, 0.25) is 0 Å². The summed E-state index contributed by atoms with van der Waals surface area (Å²) in [5.41, 5.74) is 1.55. The number of nitrogens with zero attached hydrogens (tertiary/aromatic N) is 2. The molecule has 1 heterocycles. The van der Waals surface area contributed by atoms with Gasteiger partial charge in [0.1, 0.15) is 0 Å². The lowest BCUT2D eigenvalue weighted by atomic mass is 10.2. The van der Waals surface area contributed by atoms with Crippen LogP contribution in [-0.2, 0) is 0 Å². The summed E-state index contributed by atoms with van der Waals surface area (Å²) in [6.07, 6.45) is 1.62. The Hall–Kier alpha value is -0.900. The van der Waals surface area contributed by atoms with Gasteiger partial charge in [0.15, 0.2) is 0 Å². The fourth-order valence-electron chi connectivity index (χ4n) is 1.10. The summed E-state index contributed by atoms with van der Waals surface area (Å²) >= 11 is 3.36. The lowest BCUT2D eigenvalue weighted by molar-refractivity contribution is 0.0757. The molecule has 1 unspecified atom stereocenters. The maximum atomic E-state index is 11.9. The number of aryl methyl sites for hydroxylation is 1. The van der Waals surface area contributed by atoms with Gasteiger partial charge in [-0.15, -0.1) is 0 Å². The molecule has 0 aromatic carbocycles. The van der Waals surface area contributed by atoms with Crippen LogP contribution < -0.4 is 0 Å². The third-order valence-electron chi connectivity index (χ3n) is 2.36. The monoisotopic (exact) mass is 270 g/mol. The summed E-state index contributed by atoms with van der Waals surface area (Å²) in [6.45, 7) is 3.90. The molecule has 0 bridgehead atoms. The highest BCUT2D eigenvalue weighted by Gasteiger charge is 2.16. The van der Waals surface area contributed by atoms with Gasteiger partial charge < -0.3 is 4.90 Å². The van der Waals surface area contributed by atoms with E-state index in [-0.39, 0.29) is 11.9 Å². The highest BCUT2D eigenvalue weighted by molar-refractivity contribution is 9.09. The van der Waals surface area contributed by atoms with Crippen LogP contribution in [0.25, 0.3) is 0 Å². The van der Waals surface area contributed by atoms with Gasteiger partial charge >= 0.3 is 0 Å². The van der Waals surface area contributed by atoms with Crippen molar-refractivity contribution in [1.82, 2.24) is 9.88 Å². The van der Waals surface area contributed by atoms with E-state index >= 15 is 0 Å². The van der Waals surface area contributed by atoms with Crippen molar-refractivity contribution in [3.05, 3.63) is 29.6 Å². The lowest BCUT2D eigenvalue weighted by Gasteiger charge is -2.23. The van der Waals surface area contributed by atoms with E-state index in [2.05, 4.69) is 20.9 Å². The molecule has 0 N–H and O–H groups in total. The van der Waals surface area contributed by atoms with Crippen molar-refractivity contribution in [3.63, 3.8) is 0 Å². The molecule has 0 saturated carbocycles. The quantitative estimate of drug-likeness (QED) is 0.790. The Morgan fingerprint density at radius 1 is 1.60 bits per heavy atom. The second-order valence-electron chi connectivity index (χ2n) is 3.61. The first-order valence-corrected chi connectivity index (χ1v) is 5.94. The molecule has 0 aliphatic carbocycles. The third kappa shape index (κ3) is 3.02. The Bertz CT molecular complexity index is 337. The zero-order valence-corrected chi connectivity index (χ0v) is 10.8. The minimum absolute atomic E-state index is 0.00875. The van der Waals surface area contributed by atoms with Gasteiger partial charge in [-0.05, 0) is 26.0 Å². The second kappa shape index (κ2) is 5.26. The van der Waals surface area contributed by atoms with Crippen molar-refractivity contribution in [1.29, 1.82) is 0 Å². The number of amides is 1. The van der Waals surface area contributed by atoms with E-state index in [0.717, 1.165) is 11.0 Å². The Morgan fingerprint density at radius 3 is 2.73 bits per heavy atom. The minimum atomic E-state index is 0.00875. The second-order valence-corrected chi connectivity index (χ2v) is 4.26. The van der Waals surface area contributed by atoms with Crippen molar-refractivity contribution in [2.45, 2.75) is 19.9 Å². The molecule has 0 saturated heterocycles. The van der Waals surface area contributed by atoms with E-state index < -0.39 is 0 Å². The van der Waals surface area contributed by atoms with Gasteiger partial charge in [-0.2, -0.15) is 0 Å². The SMILES string of the molecule is Cc1ccc(C(=O)N(C)C(C)CBr)cn1. The largest absolute Gasteiger partial charge is 0.338 e. The van der Waals surface area contributed by atoms with Crippen molar-refractivity contribution >= 4 is 21.8 Å². The fraction of sp³-hybridized carbons (Fsp3) is 0.455. The fourth-order valence-corrected chi connectivity index (χ4v) is 1.54. The molecule has 4 heteroatoms. The van der Waals surface area contributed by atoms with E-state index in [1.54, 1.807) is 18.1 Å². The Kier molecular flexibility index (Phi) is 4.27. The molecule has 0 fully saturated rings. The average molecular weight is 271 g/mol. The summed E-state index contributed by atoms with van der Waals surface area (Å²) in [5, 5.41) is 0.772. The van der Waals surface area contributed by atoms with Gasteiger partial charge in [0, 0.05) is 30.3 Å². The van der Waals surface area contributed by atoms with Crippen LogP contribution in [0.4, 0.5) is 0 Å². The van der Waals surface area contributed by atoms with Crippen molar-refractivity contribution in [2.75, 3.05) is 12.4 Å². The standard InChI is InChI=1S/C11H15BrN2O/c1-8-4-5-10(7-13-8)11(15)14(3)9(2)6-12/h4-5,7,9H,6H2,1-3H3. The third-order valence-corrected chi connectivity index (χ3v) is 3.30. The van der Waals surface area contributed by atoms with Crippen LogP contribution >= 0.6 is 15.9 Å². The van der Waals surface area contributed by atoms with Gasteiger partial charge in [-0.1, -0.05) is 15.9 Å². The summed E-state index contributed by atoms with van der Waals surface area (Å²) in [5.74, 6) is 0.00875. The van der Waals surface area contributed by atoms with Crippen molar-refractivity contribution in [3.8, 4) is 0 Å². The summed E-state index contributed by atoms with van der Waals surface area (Å²) in [4.78, 5) is 17.7. The summed E-state index contributed by atoms with van der Waals surface area (Å²) in [7, 11) is 1.80. The predicted molar refractivity (Wildman–Crippen MR) is 64.3 cm³/mol. The molecule has 1 aromatic rings. The first-order valence-electron chi connectivity index (χ1n) is 4.82. The Morgan fingerprint density at radius 2 is 2.27 bits per heavy atom. The number of carbonyl (C=O) groups excluding carboxylic acids is 1. The number of hydrogen-bond acceptors (Lipinski definition) is 2. The molecule has 0 radical (unpaired) electrons. The average Bonchev–Trinajstić information content (AvgIpc) is 2.27. The number of hydrogen-bond donors (Lipinski definition) is 0. The van der Waals surface area contributed by atoms with Gasteiger partial charge in [0.25, 0.3) is 5.91 Å². The molecule has 1 atom stereocenters. The van der Waals surface area contributed by atoms with Crippen LogP contribution in [0.15, 0.2) is 18.3 Å². The Balaban J connectivity index is 2.80. The minimum Gasteiger partial charge on any atom is -0.338 e. The molecule has 0 aliphatic rings. The summed E-state index contributed by atoms with van der Waals surface area (Å²) < 4.78 is 0. The molecule has 3 nitrogen and oxygen atoms in total. The van der Waals surface area contributed by atoms with Crippen molar-refractivity contribution < 1.29 is 4.79 Å². The van der Waals surface area contributed by atoms with Crippen molar-refractivity contribution in [2.24, 2.45) is 0 Å². The number of carbonyl (C=O) groups is 1. The van der Waals surface area contributed by atoms with E-state index in [4.69, 9.17) is 0 Å². The molecule has 82 valence electrons. The smallest absolute Gasteiger partial charge is 0.255 e. The van der Waals surface area contributed by atoms with Crippen LogP contribution in [0.2, 0.25) is 0 Å².